The standard InChI is InChI=1S/C16H15BrF3NO2/c1-10(21-9-12-8-13(22)4-7-15(12)17)11-2-5-14(6-3-11)23-16(18,19)20/h2-8,10,21-22H,9H2,1H3/t10-/m1/s1. The number of alkyl halides is 3. The third-order valence-electron chi connectivity index (χ3n) is 3.24. The molecule has 0 amide bonds. The van der Waals surface area contributed by atoms with Crippen LogP contribution in [0.2, 0.25) is 0 Å². The molecule has 2 aromatic carbocycles. The van der Waals surface area contributed by atoms with Crippen LogP contribution in [0.25, 0.3) is 0 Å². The molecule has 2 aromatic rings. The highest BCUT2D eigenvalue weighted by atomic mass is 79.9. The first-order chi connectivity index (χ1) is 10.7. The van der Waals surface area contributed by atoms with Crippen molar-refractivity contribution in [3.8, 4) is 11.5 Å². The van der Waals surface area contributed by atoms with Gasteiger partial charge >= 0.3 is 6.36 Å². The lowest BCUT2D eigenvalue weighted by Gasteiger charge is -2.16. The van der Waals surface area contributed by atoms with Crippen molar-refractivity contribution >= 4 is 15.9 Å². The summed E-state index contributed by atoms with van der Waals surface area (Å²) in [5.41, 5.74) is 1.71. The van der Waals surface area contributed by atoms with Crippen LogP contribution in [-0.2, 0) is 6.54 Å². The molecule has 124 valence electrons. The predicted octanol–water partition coefficient (Wildman–Crippen LogP) is 4.90. The van der Waals surface area contributed by atoms with Crippen molar-refractivity contribution < 1.29 is 23.0 Å². The minimum absolute atomic E-state index is 0.0795. The largest absolute Gasteiger partial charge is 0.573 e. The van der Waals surface area contributed by atoms with E-state index in [9.17, 15) is 18.3 Å². The maximum Gasteiger partial charge on any atom is 0.573 e. The second-order valence-corrected chi connectivity index (χ2v) is 5.85. The molecule has 3 nitrogen and oxygen atoms in total. The van der Waals surface area contributed by atoms with Gasteiger partial charge < -0.3 is 15.2 Å². The van der Waals surface area contributed by atoms with Crippen molar-refractivity contribution in [1.29, 1.82) is 0 Å². The number of halogens is 4. The molecule has 1 atom stereocenters. The van der Waals surface area contributed by atoms with E-state index in [1.165, 1.54) is 12.1 Å². The topological polar surface area (TPSA) is 41.5 Å². The molecule has 0 unspecified atom stereocenters. The molecule has 0 fully saturated rings. The van der Waals surface area contributed by atoms with Crippen LogP contribution in [0.1, 0.15) is 24.1 Å². The smallest absolute Gasteiger partial charge is 0.508 e. The van der Waals surface area contributed by atoms with E-state index in [0.29, 0.717) is 6.54 Å². The van der Waals surface area contributed by atoms with Gasteiger partial charge in [-0.2, -0.15) is 0 Å². The number of benzene rings is 2. The molecule has 2 rings (SSSR count). The van der Waals surface area contributed by atoms with Gasteiger partial charge in [-0.1, -0.05) is 28.1 Å². The summed E-state index contributed by atoms with van der Waals surface area (Å²) in [4.78, 5) is 0. The molecule has 0 aromatic heterocycles. The lowest BCUT2D eigenvalue weighted by atomic mass is 10.1. The molecule has 0 saturated heterocycles. The van der Waals surface area contributed by atoms with Crippen LogP contribution >= 0.6 is 15.9 Å². The Morgan fingerprint density at radius 2 is 1.83 bits per heavy atom. The first-order valence-electron chi connectivity index (χ1n) is 6.81. The highest BCUT2D eigenvalue weighted by Crippen LogP contribution is 2.25. The van der Waals surface area contributed by atoms with Crippen LogP contribution in [0, 0.1) is 0 Å². The number of ether oxygens (including phenoxy) is 1. The van der Waals surface area contributed by atoms with Gasteiger partial charge in [0.25, 0.3) is 0 Å². The molecule has 0 radical (unpaired) electrons. The van der Waals surface area contributed by atoms with Gasteiger partial charge in [-0.3, -0.25) is 0 Å². The molecule has 0 saturated carbocycles. The molecule has 23 heavy (non-hydrogen) atoms. The summed E-state index contributed by atoms with van der Waals surface area (Å²) in [5.74, 6) is -0.0736. The predicted molar refractivity (Wildman–Crippen MR) is 84.2 cm³/mol. The fourth-order valence-electron chi connectivity index (χ4n) is 2.04. The Labute approximate surface area is 140 Å². The summed E-state index contributed by atoms with van der Waals surface area (Å²) in [5, 5.41) is 12.7. The van der Waals surface area contributed by atoms with Crippen molar-refractivity contribution in [2.45, 2.75) is 25.9 Å². The van der Waals surface area contributed by atoms with E-state index in [-0.39, 0.29) is 17.5 Å². The average Bonchev–Trinajstić information content (AvgIpc) is 2.47. The zero-order valence-electron chi connectivity index (χ0n) is 12.2. The molecule has 0 aliphatic heterocycles. The van der Waals surface area contributed by atoms with E-state index >= 15 is 0 Å². The Kier molecular flexibility index (Phi) is 5.54. The Bertz CT molecular complexity index is 659. The van der Waals surface area contributed by atoms with Gasteiger partial charge in [0.1, 0.15) is 11.5 Å². The minimum Gasteiger partial charge on any atom is -0.508 e. The Hall–Kier alpha value is -1.73. The molecule has 0 heterocycles. The zero-order chi connectivity index (χ0) is 17.0. The van der Waals surface area contributed by atoms with Crippen LogP contribution in [0.3, 0.4) is 0 Å². The number of aromatic hydroxyl groups is 1. The van der Waals surface area contributed by atoms with Crippen molar-refractivity contribution in [2.75, 3.05) is 0 Å². The summed E-state index contributed by atoms with van der Waals surface area (Å²) < 4.78 is 41.1. The quantitative estimate of drug-likeness (QED) is 0.763. The number of rotatable bonds is 5. The van der Waals surface area contributed by atoms with E-state index in [1.54, 1.807) is 30.3 Å². The van der Waals surface area contributed by atoms with Crippen LogP contribution in [0.15, 0.2) is 46.9 Å². The van der Waals surface area contributed by atoms with E-state index in [4.69, 9.17) is 0 Å². The second kappa shape index (κ2) is 7.23. The summed E-state index contributed by atoms with van der Waals surface area (Å²) >= 11 is 3.40. The Morgan fingerprint density at radius 1 is 1.17 bits per heavy atom. The Balaban J connectivity index is 1.98. The van der Waals surface area contributed by atoms with Gasteiger partial charge in [0.2, 0.25) is 0 Å². The normalized spacial score (nSPS) is 12.9. The van der Waals surface area contributed by atoms with Crippen molar-refractivity contribution in [2.24, 2.45) is 0 Å². The number of nitrogens with one attached hydrogen (secondary N) is 1. The fraction of sp³-hybridized carbons (Fsp3) is 0.250. The monoisotopic (exact) mass is 389 g/mol. The number of hydrogen-bond acceptors (Lipinski definition) is 3. The zero-order valence-corrected chi connectivity index (χ0v) is 13.8. The van der Waals surface area contributed by atoms with Crippen molar-refractivity contribution in [3.63, 3.8) is 0 Å². The third-order valence-corrected chi connectivity index (χ3v) is 4.02. The average molecular weight is 390 g/mol. The summed E-state index contributed by atoms with van der Waals surface area (Å²) in [7, 11) is 0. The molecule has 0 aliphatic carbocycles. The molecular weight excluding hydrogens is 375 g/mol. The number of hydrogen-bond donors (Lipinski definition) is 2. The summed E-state index contributed by atoms with van der Waals surface area (Å²) in [6.07, 6.45) is -4.69. The van der Waals surface area contributed by atoms with Gasteiger partial charge in [-0.05, 0) is 48.4 Å². The van der Waals surface area contributed by atoms with Gasteiger partial charge in [-0.15, -0.1) is 13.2 Å². The van der Waals surface area contributed by atoms with Crippen LogP contribution in [0.4, 0.5) is 13.2 Å². The first kappa shape index (κ1) is 17.6. The molecular formula is C16H15BrF3NO2. The second-order valence-electron chi connectivity index (χ2n) is 5.00. The molecule has 2 N–H and O–H groups in total. The van der Waals surface area contributed by atoms with Crippen LogP contribution in [-0.4, -0.2) is 11.5 Å². The third kappa shape index (κ3) is 5.44. The van der Waals surface area contributed by atoms with E-state index in [0.717, 1.165) is 15.6 Å². The fourth-order valence-corrected chi connectivity index (χ4v) is 2.42. The molecule has 0 spiro atoms. The lowest BCUT2D eigenvalue weighted by Crippen LogP contribution is -2.19. The molecule has 0 bridgehead atoms. The SMILES string of the molecule is C[C@@H](NCc1cc(O)ccc1Br)c1ccc(OC(F)(F)F)cc1. The van der Waals surface area contributed by atoms with E-state index in [2.05, 4.69) is 26.0 Å². The highest BCUT2D eigenvalue weighted by Gasteiger charge is 2.31. The van der Waals surface area contributed by atoms with Gasteiger partial charge in [0.05, 0.1) is 0 Å². The minimum atomic E-state index is -4.69. The van der Waals surface area contributed by atoms with E-state index < -0.39 is 6.36 Å². The Morgan fingerprint density at radius 3 is 2.43 bits per heavy atom. The van der Waals surface area contributed by atoms with Crippen molar-refractivity contribution in [3.05, 3.63) is 58.1 Å². The van der Waals surface area contributed by atoms with Crippen molar-refractivity contribution in [1.82, 2.24) is 5.32 Å². The van der Waals surface area contributed by atoms with Gasteiger partial charge in [0.15, 0.2) is 0 Å². The molecule has 0 aliphatic rings. The molecule has 7 heteroatoms. The highest BCUT2D eigenvalue weighted by molar-refractivity contribution is 9.10. The first-order valence-corrected chi connectivity index (χ1v) is 7.60. The maximum absolute atomic E-state index is 12.1. The number of phenolic OH excluding ortho intramolecular Hbond substituents is 1. The van der Waals surface area contributed by atoms with Gasteiger partial charge in [0, 0.05) is 17.1 Å². The lowest BCUT2D eigenvalue weighted by molar-refractivity contribution is -0.274. The summed E-state index contributed by atoms with van der Waals surface area (Å²) in [6, 6.07) is 10.6. The van der Waals surface area contributed by atoms with E-state index in [1.807, 2.05) is 6.92 Å². The van der Waals surface area contributed by atoms with Crippen LogP contribution in [0.5, 0.6) is 11.5 Å². The van der Waals surface area contributed by atoms with Crippen LogP contribution < -0.4 is 10.1 Å². The van der Waals surface area contributed by atoms with Gasteiger partial charge in [-0.25, -0.2) is 0 Å². The maximum atomic E-state index is 12.1. The number of phenols is 1. The summed E-state index contributed by atoms with van der Waals surface area (Å²) in [6.45, 7) is 2.40.